The highest BCUT2D eigenvalue weighted by Gasteiger charge is 2.57. The molecular formula is C21H18Cl2F3N3O4. The highest BCUT2D eigenvalue weighted by atomic mass is 35.5. The maximum atomic E-state index is 12.4. The third-order valence-corrected chi connectivity index (χ3v) is 6.41. The highest BCUT2D eigenvalue weighted by molar-refractivity contribution is 6.42. The Morgan fingerprint density at radius 3 is 2.45 bits per heavy atom. The van der Waals surface area contributed by atoms with Crippen molar-refractivity contribution in [3.63, 3.8) is 0 Å². The number of rotatable bonds is 7. The minimum atomic E-state index is -4.83. The Hall–Kier alpha value is -2.72. The summed E-state index contributed by atoms with van der Waals surface area (Å²) in [5.74, 6) is -0.701. The number of nitrogens with zero attached hydrogens (tertiary/aromatic N) is 1. The second kappa shape index (κ2) is 8.90. The van der Waals surface area contributed by atoms with Gasteiger partial charge in [0.05, 0.1) is 16.2 Å². The summed E-state index contributed by atoms with van der Waals surface area (Å²) in [7, 11) is 0. The van der Waals surface area contributed by atoms with Crippen LogP contribution < -0.4 is 20.1 Å². The van der Waals surface area contributed by atoms with Gasteiger partial charge in [-0.25, -0.2) is 4.98 Å². The average molecular weight is 504 g/mol. The number of nitrogens with one attached hydrogen (secondary N) is 2. The molecule has 3 fully saturated rings. The van der Waals surface area contributed by atoms with Crippen molar-refractivity contribution in [2.24, 2.45) is 5.92 Å². The van der Waals surface area contributed by atoms with E-state index in [0.717, 1.165) is 18.3 Å². The standard InChI is InChI=1S/C21H18Cl2F3N3O4/c22-14-3-1-12(5-15(14)23)32-10-18(30)29-20-6-11(7-20)17(8-20)28-19(31)16-4-2-13(9-27-16)33-21(24,25)26/h1-5,9,11,17H,6-8,10H2,(H,28,31)(H,29,30)/t11?,17-,20?/m1/s1. The molecule has 33 heavy (non-hydrogen) atoms. The van der Waals surface area contributed by atoms with Crippen molar-refractivity contribution in [1.82, 2.24) is 15.6 Å². The van der Waals surface area contributed by atoms with Crippen molar-refractivity contribution in [1.29, 1.82) is 0 Å². The van der Waals surface area contributed by atoms with Crippen LogP contribution in [0.3, 0.4) is 0 Å². The quantitative estimate of drug-likeness (QED) is 0.592. The van der Waals surface area contributed by atoms with Crippen molar-refractivity contribution in [2.45, 2.75) is 37.2 Å². The number of alkyl halides is 3. The second-order valence-electron chi connectivity index (χ2n) is 8.07. The predicted octanol–water partition coefficient (Wildman–Crippen LogP) is 4.13. The summed E-state index contributed by atoms with van der Waals surface area (Å²) >= 11 is 11.8. The number of halogens is 5. The molecule has 2 amide bonds. The molecule has 176 valence electrons. The first-order valence-corrected chi connectivity index (χ1v) is 10.7. The molecule has 1 atom stereocenters. The van der Waals surface area contributed by atoms with E-state index in [0.29, 0.717) is 35.1 Å². The normalized spacial score (nSPS) is 23.4. The molecule has 0 spiro atoms. The van der Waals surface area contributed by atoms with E-state index in [-0.39, 0.29) is 30.2 Å². The van der Waals surface area contributed by atoms with Crippen molar-refractivity contribution in [3.8, 4) is 11.5 Å². The average Bonchev–Trinajstić information content (AvgIpc) is 3.21. The summed E-state index contributed by atoms with van der Waals surface area (Å²) < 4.78 is 45.9. The van der Waals surface area contributed by atoms with E-state index >= 15 is 0 Å². The van der Waals surface area contributed by atoms with E-state index in [1.807, 2.05) is 0 Å². The van der Waals surface area contributed by atoms with Gasteiger partial charge in [-0.2, -0.15) is 0 Å². The van der Waals surface area contributed by atoms with Gasteiger partial charge in [0.25, 0.3) is 11.8 Å². The van der Waals surface area contributed by atoms with Gasteiger partial charge < -0.3 is 20.1 Å². The number of carbonyl (C=O) groups excluding carboxylic acids is 2. The van der Waals surface area contributed by atoms with Gasteiger partial charge in [0.1, 0.15) is 17.2 Å². The van der Waals surface area contributed by atoms with Crippen LogP contribution in [0.5, 0.6) is 11.5 Å². The zero-order valence-electron chi connectivity index (χ0n) is 16.9. The molecule has 1 heterocycles. The molecule has 2 aromatic rings. The Kier molecular flexibility index (Phi) is 6.32. The van der Waals surface area contributed by atoms with Crippen LogP contribution in [0.15, 0.2) is 36.5 Å². The van der Waals surface area contributed by atoms with Crippen molar-refractivity contribution < 1.29 is 32.2 Å². The minimum absolute atomic E-state index is 0.0262. The van der Waals surface area contributed by atoms with Crippen LogP contribution in [-0.4, -0.2) is 41.3 Å². The molecule has 3 saturated carbocycles. The van der Waals surface area contributed by atoms with Gasteiger partial charge >= 0.3 is 6.36 Å². The van der Waals surface area contributed by atoms with Gasteiger partial charge in [0, 0.05) is 17.6 Å². The Balaban J connectivity index is 1.26. The Morgan fingerprint density at radius 2 is 1.82 bits per heavy atom. The van der Waals surface area contributed by atoms with Crippen LogP contribution >= 0.6 is 23.2 Å². The molecule has 0 radical (unpaired) electrons. The number of fused-ring (bicyclic) bond motifs is 1. The second-order valence-corrected chi connectivity index (χ2v) is 8.89. The van der Waals surface area contributed by atoms with Crippen LogP contribution in [0.2, 0.25) is 10.0 Å². The van der Waals surface area contributed by atoms with Crippen LogP contribution in [0.25, 0.3) is 0 Å². The van der Waals surface area contributed by atoms with E-state index in [4.69, 9.17) is 27.9 Å². The van der Waals surface area contributed by atoms with Gasteiger partial charge in [-0.05, 0) is 49.4 Å². The number of carbonyl (C=O) groups is 2. The molecule has 5 rings (SSSR count). The topological polar surface area (TPSA) is 89.6 Å². The lowest BCUT2D eigenvalue weighted by Gasteiger charge is -2.39. The molecule has 3 aliphatic rings. The molecule has 3 aliphatic carbocycles. The Morgan fingerprint density at radius 1 is 1.09 bits per heavy atom. The van der Waals surface area contributed by atoms with Gasteiger partial charge in [0.15, 0.2) is 6.61 Å². The molecule has 0 unspecified atom stereocenters. The van der Waals surface area contributed by atoms with Crippen molar-refractivity contribution in [2.75, 3.05) is 6.61 Å². The third-order valence-electron chi connectivity index (χ3n) is 5.67. The first kappa shape index (κ1) is 23.4. The summed E-state index contributed by atoms with van der Waals surface area (Å²) in [4.78, 5) is 28.5. The van der Waals surface area contributed by atoms with Gasteiger partial charge in [-0.15, -0.1) is 13.2 Å². The molecule has 2 bridgehead atoms. The maximum Gasteiger partial charge on any atom is 0.573 e. The van der Waals surface area contributed by atoms with E-state index < -0.39 is 23.6 Å². The number of aromatic nitrogens is 1. The Labute approximate surface area is 196 Å². The van der Waals surface area contributed by atoms with Crippen LogP contribution in [-0.2, 0) is 4.79 Å². The lowest BCUT2D eigenvalue weighted by molar-refractivity contribution is -0.274. The van der Waals surface area contributed by atoms with Crippen LogP contribution in [0.1, 0.15) is 29.8 Å². The number of hydrogen-bond donors (Lipinski definition) is 2. The summed E-state index contributed by atoms with van der Waals surface area (Å²) in [6, 6.07) is 6.71. The lowest BCUT2D eigenvalue weighted by atomic mass is 9.76. The van der Waals surface area contributed by atoms with E-state index in [2.05, 4.69) is 20.4 Å². The number of amides is 2. The van der Waals surface area contributed by atoms with E-state index in [9.17, 15) is 22.8 Å². The van der Waals surface area contributed by atoms with Crippen molar-refractivity contribution in [3.05, 3.63) is 52.3 Å². The van der Waals surface area contributed by atoms with E-state index in [1.54, 1.807) is 12.1 Å². The number of pyridine rings is 1. The van der Waals surface area contributed by atoms with Gasteiger partial charge in [0.2, 0.25) is 0 Å². The van der Waals surface area contributed by atoms with Crippen LogP contribution in [0, 0.1) is 5.92 Å². The SMILES string of the molecule is O=C(COc1ccc(Cl)c(Cl)c1)NC12CC(C1)[C@H](NC(=O)c1ccc(OC(F)(F)F)cn1)C2. The highest BCUT2D eigenvalue weighted by Crippen LogP contribution is 2.52. The molecule has 0 saturated heterocycles. The molecule has 12 heteroatoms. The third kappa shape index (κ3) is 5.62. The number of benzene rings is 1. The summed E-state index contributed by atoms with van der Waals surface area (Å²) in [5.41, 5.74) is -0.444. The summed E-state index contributed by atoms with van der Waals surface area (Å²) in [5, 5.41) is 6.53. The first-order valence-electron chi connectivity index (χ1n) is 9.93. The summed E-state index contributed by atoms with van der Waals surface area (Å²) in [6.45, 7) is -0.197. The molecule has 1 aromatic carbocycles. The summed E-state index contributed by atoms with van der Waals surface area (Å²) in [6.07, 6.45) is -2.03. The minimum Gasteiger partial charge on any atom is -0.484 e. The fourth-order valence-corrected chi connectivity index (χ4v) is 4.59. The Bertz CT molecular complexity index is 1060. The number of hydrogen-bond acceptors (Lipinski definition) is 5. The molecule has 1 aromatic heterocycles. The first-order chi connectivity index (χ1) is 15.5. The van der Waals surface area contributed by atoms with Gasteiger partial charge in [-0.3, -0.25) is 9.59 Å². The van der Waals surface area contributed by atoms with Crippen molar-refractivity contribution >= 4 is 35.0 Å². The fourth-order valence-electron chi connectivity index (χ4n) is 4.30. The lowest BCUT2D eigenvalue weighted by Crippen LogP contribution is -2.53. The zero-order chi connectivity index (χ0) is 23.8. The van der Waals surface area contributed by atoms with Gasteiger partial charge in [-0.1, -0.05) is 23.2 Å². The maximum absolute atomic E-state index is 12.4. The molecular weight excluding hydrogens is 486 g/mol. The van der Waals surface area contributed by atoms with E-state index in [1.165, 1.54) is 6.07 Å². The smallest absolute Gasteiger partial charge is 0.484 e. The zero-order valence-corrected chi connectivity index (χ0v) is 18.4. The molecule has 0 aliphatic heterocycles. The molecule has 2 N–H and O–H groups in total. The largest absolute Gasteiger partial charge is 0.573 e. The fraction of sp³-hybridized carbons (Fsp3) is 0.381. The predicted molar refractivity (Wildman–Crippen MR) is 112 cm³/mol. The molecule has 7 nitrogen and oxygen atoms in total. The monoisotopic (exact) mass is 503 g/mol. The number of ether oxygens (including phenoxy) is 2. The van der Waals surface area contributed by atoms with Crippen LogP contribution in [0.4, 0.5) is 13.2 Å².